The second-order valence-electron chi connectivity index (χ2n) is 5.68. The number of benzene rings is 1. The summed E-state index contributed by atoms with van der Waals surface area (Å²) < 4.78 is 23.6. The Kier molecular flexibility index (Phi) is 5.73. The van der Waals surface area contributed by atoms with Gasteiger partial charge in [0.2, 0.25) is 0 Å². The fraction of sp³-hybridized carbons (Fsp3) is 0.467. The van der Waals surface area contributed by atoms with Gasteiger partial charge in [0.25, 0.3) is 0 Å². The van der Waals surface area contributed by atoms with Gasteiger partial charge in [0.05, 0.1) is 19.6 Å². The smallest absolute Gasteiger partial charge is 0.408 e. The molecule has 1 aromatic carbocycles. The first-order valence-electron chi connectivity index (χ1n) is 6.67. The van der Waals surface area contributed by atoms with Crippen molar-refractivity contribution in [1.29, 1.82) is 0 Å². The minimum Gasteiger partial charge on any atom is -0.496 e. The maximum Gasteiger partial charge on any atom is 0.408 e. The Morgan fingerprint density at radius 2 is 2.00 bits per heavy atom. The van der Waals surface area contributed by atoms with Crippen molar-refractivity contribution < 1.29 is 28.6 Å². The quantitative estimate of drug-likeness (QED) is 0.873. The largest absolute Gasteiger partial charge is 0.496 e. The van der Waals surface area contributed by atoms with E-state index in [1.807, 2.05) is 0 Å². The van der Waals surface area contributed by atoms with Crippen LogP contribution in [0.4, 0.5) is 9.18 Å². The van der Waals surface area contributed by atoms with Crippen molar-refractivity contribution in [2.75, 3.05) is 7.11 Å². The average Bonchev–Trinajstić information content (AvgIpc) is 2.35. The highest BCUT2D eigenvalue weighted by atomic mass is 19.1. The molecule has 0 aliphatic heterocycles. The lowest BCUT2D eigenvalue weighted by Crippen LogP contribution is -2.36. The SMILES string of the molecule is COc1ccc(F)cc1[C@H](CC(=O)O)NC(=O)OC(C)(C)C. The molecule has 0 bridgehead atoms. The van der Waals surface area contributed by atoms with Crippen molar-refractivity contribution in [3.05, 3.63) is 29.6 Å². The van der Waals surface area contributed by atoms with Crippen molar-refractivity contribution in [2.45, 2.75) is 38.8 Å². The summed E-state index contributed by atoms with van der Waals surface area (Å²) in [6.45, 7) is 5.05. The maximum atomic E-state index is 13.4. The van der Waals surface area contributed by atoms with Crippen molar-refractivity contribution >= 4 is 12.1 Å². The van der Waals surface area contributed by atoms with Gasteiger partial charge in [-0.3, -0.25) is 4.79 Å². The minimum atomic E-state index is -1.15. The highest BCUT2D eigenvalue weighted by molar-refractivity contribution is 5.72. The molecule has 1 aromatic rings. The number of hydrogen-bond acceptors (Lipinski definition) is 4. The first-order chi connectivity index (χ1) is 10.1. The van der Waals surface area contributed by atoms with Gasteiger partial charge < -0.3 is 19.9 Å². The van der Waals surface area contributed by atoms with Crippen LogP contribution in [0, 0.1) is 5.82 Å². The lowest BCUT2D eigenvalue weighted by molar-refractivity contribution is -0.137. The summed E-state index contributed by atoms with van der Waals surface area (Å²) in [4.78, 5) is 22.9. The van der Waals surface area contributed by atoms with E-state index in [1.165, 1.54) is 19.2 Å². The van der Waals surface area contributed by atoms with Crippen LogP contribution >= 0.6 is 0 Å². The van der Waals surface area contributed by atoms with Crippen LogP contribution in [-0.4, -0.2) is 29.9 Å². The van der Waals surface area contributed by atoms with Crippen molar-refractivity contribution in [1.82, 2.24) is 5.32 Å². The van der Waals surface area contributed by atoms with Crippen LogP contribution < -0.4 is 10.1 Å². The van der Waals surface area contributed by atoms with E-state index >= 15 is 0 Å². The van der Waals surface area contributed by atoms with E-state index in [9.17, 15) is 14.0 Å². The number of rotatable bonds is 5. The number of amides is 1. The first kappa shape index (κ1) is 17.7. The molecule has 0 aliphatic carbocycles. The standard InChI is InChI=1S/C15H20FNO5/c1-15(2,3)22-14(20)17-11(8-13(18)19)10-7-9(16)5-6-12(10)21-4/h5-7,11H,8H2,1-4H3,(H,17,20)(H,18,19)/t11-/m0/s1. The van der Waals surface area contributed by atoms with Crippen LogP contribution in [0.2, 0.25) is 0 Å². The molecule has 0 saturated heterocycles. The second-order valence-corrected chi connectivity index (χ2v) is 5.68. The molecule has 1 rings (SSSR count). The summed E-state index contributed by atoms with van der Waals surface area (Å²) in [6.07, 6.45) is -1.22. The first-order valence-corrected chi connectivity index (χ1v) is 6.67. The number of alkyl carbamates (subject to hydrolysis) is 1. The third-order valence-corrected chi connectivity index (χ3v) is 2.64. The molecule has 22 heavy (non-hydrogen) atoms. The Morgan fingerprint density at radius 3 is 2.50 bits per heavy atom. The highest BCUT2D eigenvalue weighted by Crippen LogP contribution is 2.28. The molecule has 0 heterocycles. The van der Waals surface area contributed by atoms with Crippen LogP contribution in [0.25, 0.3) is 0 Å². The zero-order valence-electron chi connectivity index (χ0n) is 13.0. The van der Waals surface area contributed by atoms with Gasteiger partial charge in [0, 0.05) is 5.56 Å². The van der Waals surface area contributed by atoms with E-state index in [2.05, 4.69) is 5.32 Å². The fourth-order valence-electron chi connectivity index (χ4n) is 1.84. The number of carbonyl (C=O) groups excluding carboxylic acids is 1. The molecule has 0 unspecified atom stereocenters. The molecule has 1 atom stereocenters. The molecule has 0 spiro atoms. The molecule has 0 radical (unpaired) electrons. The Bertz CT molecular complexity index is 553. The number of methoxy groups -OCH3 is 1. The monoisotopic (exact) mass is 313 g/mol. The molecule has 0 aromatic heterocycles. The number of carboxylic acid groups (broad SMARTS) is 1. The van der Waals surface area contributed by atoms with Crippen LogP contribution in [0.3, 0.4) is 0 Å². The lowest BCUT2D eigenvalue weighted by Gasteiger charge is -2.24. The Balaban J connectivity index is 3.05. The van der Waals surface area contributed by atoms with Crippen LogP contribution in [-0.2, 0) is 9.53 Å². The van der Waals surface area contributed by atoms with E-state index in [1.54, 1.807) is 20.8 Å². The maximum absolute atomic E-state index is 13.4. The van der Waals surface area contributed by atoms with E-state index < -0.39 is 35.9 Å². The van der Waals surface area contributed by atoms with Crippen LogP contribution in [0.5, 0.6) is 5.75 Å². The molecule has 2 N–H and O–H groups in total. The van der Waals surface area contributed by atoms with Crippen LogP contribution in [0.15, 0.2) is 18.2 Å². The molecular weight excluding hydrogens is 293 g/mol. The number of aliphatic carboxylic acids is 1. The van der Waals surface area contributed by atoms with Crippen molar-refractivity contribution in [3.8, 4) is 5.75 Å². The predicted molar refractivity (Wildman–Crippen MR) is 77.3 cm³/mol. The highest BCUT2D eigenvalue weighted by Gasteiger charge is 2.25. The van der Waals surface area contributed by atoms with Gasteiger partial charge in [-0.25, -0.2) is 9.18 Å². The summed E-state index contributed by atoms with van der Waals surface area (Å²) in [5.74, 6) is -1.42. The second kappa shape index (κ2) is 7.11. The Morgan fingerprint density at radius 1 is 1.36 bits per heavy atom. The van der Waals surface area contributed by atoms with Gasteiger partial charge in [-0.05, 0) is 39.0 Å². The van der Waals surface area contributed by atoms with E-state index in [4.69, 9.17) is 14.6 Å². The summed E-state index contributed by atoms with van der Waals surface area (Å²) in [5.41, 5.74) is -0.500. The fourth-order valence-corrected chi connectivity index (χ4v) is 1.84. The van der Waals surface area contributed by atoms with Crippen LogP contribution in [0.1, 0.15) is 38.8 Å². The molecule has 1 amide bonds. The molecule has 0 saturated carbocycles. The molecule has 0 aliphatic rings. The number of ether oxygens (including phenoxy) is 2. The van der Waals surface area contributed by atoms with Gasteiger partial charge in [-0.15, -0.1) is 0 Å². The predicted octanol–water partition coefficient (Wildman–Crippen LogP) is 2.87. The van der Waals surface area contributed by atoms with Gasteiger partial charge >= 0.3 is 12.1 Å². The molecule has 122 valence electrons. The summed E-state index contributed by atoms with van der Waals surface area (Å²) >= 11 is 0. The number of carboxylic acids is 1. The number of carbonyl (C=O) groups is 2. The van der Waals surface area contributed by atoms with Gasteiger partial charge in [0.15, 0.2) is 0 Å². The van der Waals surface area contributed by atoms with Crippen molar-refractivity contribution in [3.63, 3.8) is 0 Å². The van der Waals surface area contributed by atoms with E-state index in [0.29, 0.717) is 0 Å². The number of halogens is 1. The van der Waals surface area contributed by atoms with E-state index in [0.717, 1.165) is 6.07 Å². The van der Waals surface area contributed by atoms with Gasteiger partial charge in [0.1, 0.15) is 17.2 Å². The summed E-state index contributed by atoms with van der Waals surface area (Å²) in [5, 5.41) is 11.4. The third-order valence-electron chi connectivity index (χ3n) is 2.64. The summed E-state index contributed by atoms with van der Waals surface area (Å²) in [6, 6.07) is 2.71. The topological polar surface area (TPSA) is 84.9 Å². The summed E-state index contributed by atoms with van der Waals surface area (Å²) in [7, 11) is 1.38. The number of nitrogens with one attached hydrogen (secondary N) is 1. The molecule has 0 fully saturated rings. The zero-order chi connectivity index (χ0) is 16.9. The van der Waals surface area contributed by atoms with E-state index in [-0.39, 0.29) is 11.3 Å². The average molecular weight is 313 g/mol. The molecular formula is C15H20FNO5. The Labute approximate surface area is 128 Å². The molecule has 7 heteroatoms. The van der Waals surface area contributed by atoms with Gasteiger partial charge in [-0.2, -0.15) is 0 Å². The Hall–Kier alpha value is -2.31. The normalized spacial score (nSPS) is 12.4. The molecule has 6 nitrogen and oxygen atoms in total. The lowest BCUT2D eigenvalue weighted by atomic mass is 10.0. The number of hydrogen-bond donors (Lipinski definition) is 2. The minimum absolute atomic E-state index is 0.232. The van der Waals surface area contributed by atoms with Gasteiger partial charge in [-0.1, -0.05) is 0 Å². The van der Waals surface area contributed by atoms with Crippen molar-refractivity contribution in [2.24, 2.45) is 0 Å². The third kappa shape index (κ3) is 5.59. The zero-order valence-corrected chi connectivity index (χ0v) is 13.0.